The Morgan fingerprint density at radius 3 is 2.67 bits per heavy atom. The average molecular weight is 346 g/mol. The third-order valence-corrected chi connectivity index (χ3v) is 4.81. The predicted octanol–water partition coefficient (Wildman–Crippen LogP) is 1.91. The topological polar surface area (TPSA) is 68.7 Å². The number of piperazine rings is 1. The molecule has 0 spiro atoms. The van der Waals surface area contributed by atoms with Gasteiger partial charge < -0.3 is 15.3 Å². The fourth-order valence-electron chi connectivity index (χ4n) is 2.70. The zero-order valence-electron chi connectivity index (χ0n) is 13.7. The molecule has 7 heteroatoms. The molecule has 1 aromatic carbocycles. The van der Waals surface area contributed by atoms with Gasteiger partial charge in [-0.2, -0.15) is 0 Å². The summed E-state index contributed by atoms with van der Waals surface area (Å²) in [6.45, 7) is 5.22. The van der Waals surface area contributed by atoms with Gasteiger partial charge in [-0.1, -0.05) is 18.2 Å². The first-order valence-electron chi connectivity index (χ1n) is 8.07. The number of aliphatic hydroxyl groups is 1. The zero-order chi connectivity index (χ0) is 16.9. The summed E-state index contributed by atoms with van der Waals surface area (Å²) in [7, 11) is 0. The molecule has 0 aliphatic carbocycles. The van der Waals surface area contributed by atoms with Crippen molar-refractivity contribution < 1.29 is 9.90 Å². The summed E-state index contributed by atoms with van der Waals surface area (Å²) < 4.78 is 0. The molecule has 6 nitrogen and oxygen atoms in total. The summed E-state index contributed by atoms with van der Waals surface area (Å²) in [6, 6.07) is 10.00. The first-order chi connectivity index (χ1) is 11.6. The van der Waals surface area contributed by atoms with Gasteiger partial charge in [-0.05, 0) is 19.1 Å². The van der Waals surface area contributed by atoms with E-state index in [0.29, 0.717) is 13.1 Å². The number of aliphatic hydroxyl groups excluding tert-OH is 1. The number of thiazole rings is 1. The van der Waals surface area contributed by atoms with Crippen LogP contribution in [0.15, 0.2) is 35.7 Å². The van der Waals surface area contributed by atoms with E-state index in [1.807, 2.05) is 30.3 Å². The van der Waals surface area contributed by atoms with Crippen LogP contribution in [-0.2, 0) is 11.3 Å². The van der Waals surface area contributed by atoms with Gasteiger partial charge in [0.15, 0.2) is 5.13 Å². The first-order valence-corrected chi connectivity index (χ1v) is 8.95. The smallest absolute Gasteiger partial charge is 0.251 e. The van der Waals surface area contributed by atoms with Crippen molar-refractivity contribution in [2.75, 3.05) is 31.5 Å². The van der Waals surface area contributed by atoms with Gasteiger partial charge in [0, 0.05) is 43.8 Å². The number of carbonyl (C=O) groups is 1. The number of anilines is 2. The lowest BCUT2D eigenvalue weighted by Gasteiger charge is -2.34. The largest absolute Gasteiger partial charge is 0.384 e. The first kappa shape index (κ1) is 16.9. The Morgan fingerprint density at radius 1 is 1.29 bits per heavy atom. The van der Waals surface area contributed by atoms with E-state index in [4.69, 9.17) is 0 Å². The van der Waals surface area contributed by atoms with E-state index in [9.17, 15) is 9.90 Å². The van der Waals surface area contributed by atoms with Crippen molar-refractivity contribution in [2.24, 2.45) is 0 Å². The van der Waals surface area contributed by atoms with Crippen molar-refractivity contribution in [1.29, 1.82) is 0 Å². The fourth-order valence-corrected chi connectivity index (χ4v) is 3.42. The molecule has 0 bridgehead atoms. The van der Waals surface area contributed by atoms with Crippen LogP contribution < -0.4 is 5.32 Å². The number of rotatable bonds is 5. The summed E-state index contributed by atoms with van der Waals surface area (Å²) >= 11 is 1.60. The molecule has 1 aliphatic rings. The average Bonchev–Trinajstić information content (AvgIpc) is 3.02. The number of hydrogen-bond acceptors (Lipinski definition) is 6. The Kier molecular flexibility index (Phi) is 5.44. The van der Waals surface area contributed by atoms with Gasteiger partial charge in [0.25, 0.3) is 5.91 Å². The molecule has 1 aliphatic heterocycles. The Labute approximate surface area is 145 Å². The van der Waals surface area contributed by atoms with Crippen molar-refractivity contribution in [1.82, 2.24) is 14.8 Å². The summed E-state index contributed by atoms with van der Waals surface area (Å²) in [6.07, 6.45) is -0.915. The Bertz CT molecular complexity index is 666. The minimum absolute atomic E-state index is 0.183. The highest BCUT2D eigenvalue weighted by molar-refractivity contribution is 7.13. The summed E-state index contributed by atoms with van der Waals surface area (Å²) in [4.78, 5) is 20.4. The lowest BCUT2D eigenvalue weighted by molar-refractivity contribution is -0.141. The van der Waals surface area contributed by atoms with Crippen molar-refractivity contribution in [3.8, 4) is 0 Å². The summed E-state index contributed by atoms with van der Waals surface area (Å²) in [5, 5.41) is 15.6. The predicted molar refractivity (Wildman–Crippen MR) is 95.4 cm³/mol. The second-order valence-electron chi connectivity index (χ2n) is 5.91. The van der Waals surface area contributed by atoms with E-state index in [2.05, 4.69) is 20.6 Å². The van der Waals surface area contributed by atoms with Crippen LogP contribution >= 0.6 is 11.3 Å². The number of carbonyl (C=O) groups excluding carboxylic acids is 1. The van der Waals surface area contributed by atoms with Crippen LogP contribution in [0.2, 0.25) is 0 Å². The van der Waals surface area contributed by atoms with Gasteiger partial charge >= 0.3 is 0 Å². The second-order valence-corrected chi connectivity index (χ2v) is 6.77. The molecular formula is C17H22N4O2S. The Hall–Kier alpha value is -1.96. The number of nitrogens with one attached hydrogen (secondary N) is 1. The fraction of sp³-hybridized carbons (Fsp3) is 0.412. The number of benzene rings is 1. The van der Waals surface area contributed by atoms with Crippen molar-refractivity contribution in [3.63, 3.8) is 0 Å². The maximum atomic E-state index is 11.8. The van der Waals surface area contributed by atoms with Gasteiger partial charge in [0.05, 0.1) is 5.69 Å². The van der Waals surface area contributed by atoms with Crippen LogP contribution in [-0.4, -0.2) is 58.1 Å². The van der Waals surface area contributed by atoms with Crippen LogP contribution in [0.5, 0.6) is 0 Å². The van der Waals surface area contributed by atoms with Crippen molar-refractivity contribution in [2.45, 2.75) is 19.6 Å². The van der Waals surface area contributed by atoms with Gasteiger partial charge in [-0.15, -0.1) is 11.3 Å². The standard InChI is InChI=1S/C17H22N4O2S/c1-13(22)16(23)21-9-7-20(8-10-21)11-15-12-24-17(19-15)18-14-5-3-2-4-6-14/h2-6,12-13,22H,7-11H2,1H3,(H,18,19). The molecule has 2 aromatic rings. The van der Waals surface area contributed by atoms with E-state index in [1.165, 1.54) is 6.92 Å². The number of aromatic nitrogens is 1. The summed E-state index contributed by atoms with van der Waals surface area (Å²) in [5.41, 5.74) is 2.07. The SMILES string of the molecule is CC(O)C(=O)N1CCN(Cc2csc(Nc3ccccc3)n2)CC1. The normalized spacial score (nSPS) is 16.8. The van der Waals surface area contributed by atoms with Crippen LogP contribution in [0.1, 0.15) is 12.6 Å². The van der Waals surface area contributed by atoms with Crippen LogP contribution in [0.3, 0.4) is 0 Å². The molecular weight excluding hydrogens is 324 g/mol. The maximum absolute atomic E-state index is 11.8. The molecule has 0 radical (unpaired) electrons. The monoisotopic (exact) mass is 346 g/mol. The van der Waals surface area contributed by atoms with E-state index in [1.54, 1.807) is 16.2 Å². The Morgan fingerprint density at radius 2 is 2.00 bits per heavy atom. The quantitative estimate of drug-likeness (QED) is 0.866. The number of hydrogen-bond donors (Lipinski definition) is 2. The third-order valence-electron chi connectivity index (χ3n) is 4.00. The number of amides is 1. The molecule has 2 heterocycles. The minimum atomic E-state index is -0.915. The van der Waals surface area contributed by atoms with E-state index in [0.717, 1.165) is 36.1 Å². The van der Waals surface area contributed by atoms with Crippen LogP contribution in [0, 0.1) is 0 Å². The van der Waals surface area contributed by atoms with E-state index in [-0.39, 0.29) is 5.91 Å². The van der Waals surface area contributed by atoms with Gasteiger partial charge in [-0.25, -0.2) is 4.98 Å². The van der Waals surface area contributed by atoms with Gasteiger partial charge in [0.2, 0.25) is 0 Å². The molecule has 2 N–H and O–H groups in total. The third kappa shape index (κ3) is 4.31. The molecule has 1 amide bonds. The molecule has 24 heavy (non-hydrogen) atoms. The molecule has 1 unspecified atom stereocenters. The molecule has 128 valence electrons. The van der Waals surface area contributed by atoms with Gasteiger partial charge in [0.1, 0.15) is 6.10 Å². The molecule has 1 atom stereocenters. The number of nitrogens with zero attached hydrogens (tertiary/aromatic N) is 3. The minimum Gasteiger partial charge on any atom is -0.384 e. The number of para-hydroxylation sites is 1. The molecule has 1 aromatic heterocycles. The second kappa shape index (κ2) is 7.74. The molecule has 1 saturated heterocycles. The highest BCUT2D eigenvalue weighted by atomic mass is 32.1. The highest BCUT2D eigenvalue weighted by Crippen LogP contribution is 2.21. The molecule has 0 saturated carbocycles. The van der Waals surface area contributed by atoms with E-state index < -0.39 is 6.10 Å². The van der Waals surface area contributed by atoms with Gasteiger partial charge in [-0.3, -0.25) is 9.69 Å². The molecule has 1 fully saturated rings. The summed E-state index contributed by atoms with van der Waals surface area (Å²) in [5.74, 6) is -0.183. The van der Waals surface area contributed by atoms with E-state index >= 15 is 0 Å². The Balaban J connectivity index is 1.50. The zero-order valence-corrected chi connectivity index (χ0v) is 14.5. The van der Waals surface area contributed by atoms with Crippen molar-refractivity contribution in [3.05, 3.63) is 41.4 Å². The lowest BCUT2D eigenvalue weighted by atomic mass is 10.2. The highest BCUT2D eigenvalue weighted by Gasteiger charge is 2.24. The lowest BCUT2D eigenvalue weighted by Crippen LogP contribution is -2.50. The van der Waals surface area contributed by atoms with Crippen LogP contribution in [0.4, 0.5) is 10.8 Å². The maximum Gasteiger partial charge on any atom is 0.251 e. The molecule has 3 rings (SSSR count). The van der Waals surface area contributed by atoms with Crippen molar-refractivity contribution >= 4 is 28.1 Å². The van der Waals surface area contributed by atoms with Crippen LogP contribution in [0.25, 0.3) is 0 Å².